The summed E-state index contributed by atoms with van der Waals surface area (Å²) in [6.07, 6.45) is -9.46. The van der Waals surface area contributed by atoms with Crippen LogP contribution in [-0.4, -0.2) is 65.4 Å². The van der Waals surface area contributed by atoms with Crippen molar-refractivity contribution in [2.24, 2.45) is 4.99 Å². The number of carboxylic acid groups (broad SMARTS) is 2. The monoisotopic (exact) mass is 610 g/mol. The van der Waals surface area contributed by atoms with Gasteiger partial charge in [-0.05, 0) is 55.0 Å². The fraction of sp³-hybridized carbons (Fsp3) is 0.276. The normalized spacial score (nSPS) is 14.1. The molecule has 0 bridgehead atoms. The Morgan fingerprint density at radius 3 is 1.95 bits per heavy atom. The largest absolute Gasteiger partial charge is 0.490 e. The number of aliphatic imine (C=N–C) groups is 1. The summed E-state index contributed by atoms with van der Waals surface area (Å²) >= 11 is 0. The van der Waals surface area contributed by atoms with E-state index in [1.54, 1.807) is 18.2 Å². The maximum atomic E-state index is 13.1. The van der Waals surface area contributed by atoms with E-state index in [2.05, 4.69) is 10.2 Å². The van der Waals surface area contributed by atoms with Crippen LogP contribution in [0.25, 0.3) is 0 Å². The minimum Gasteiger partial charge on any atom is -0.478 e. The minimum atomic E-state index is -5.08. The van der Waals surface area contributed by atoms with Gasteiger partial charge in [0.2, 0.25) is 0 Å². The predicted octanol–water partition coefficient (Wildman–Crippen LogP) is 6.14. The van der Waals surface area contributed by atoms with Crippen LogP contribution >= 0.6 is 0 Å². The Hall–Kier alpha value is -4.75. The van der Waals surface area contributed by atoms with Crippen molar-refractivity contribution in [1.82, 2.24) is 4.90 Å². The summed E-state index contributed by atoms with van der Waals surface area (Å²) in [6, 6.07) is 19.9. The third-order valence-electron chi connectivity index (χ3n) is 6.28. The minimum absolute atomic E-state index is 0.188. The van der Waals surface area contributed by atoms with E-state index in [1.165, 1.54) is 24.3 Å². The zero-order chi connectivity index (χ0) is 31.8. The lowest BCUT2D eigenvalue weighted by molar-refractivity contribution is -0.192. The summed E-state index contributed by atoms with van der Waals surface area (Å²) in [5, 5.41) is 19.6. The van der Waals surface area contributed by atoms with Crippen LogP contribution in [-0.2, 0) is 17.5 Å². The van der Waals surface area contributed by atoms with E-state index in [0.717, 1.165) is 17.2 Å². The van der Waals surface area contributed by atoms with Crippen molar-refractivity contribution < 1.29 is 46.1 Å². The number of hydrogen-bond donors (Lipinski definition) is 3. The summed E-state index contributed by atoms with van der Waals surface area (Å²) < 4.78 is 71.2. The van der Waals surface area contributed by atoms with Gasteiger partial charge in [0, 0.05) is 37.6 Å². The Balaban J connectivity index is 0.000000646. The number of rotatable bonds is 5. The Kier molecular flexibility index (Phi) is 10.6. The molecule has 230 valence electrons. The highest BCUT2D eigenvalue weighted by Gasteiger charge is 2.38. The molecule has 1 aliphatic heterocycles. The Morgan fingerprint density at radius 1 is 0.860 bits per heavy atom. The molecule has 0 atom stereocenters. The first-order valence-electron chi connectivity index (χ1n) is 12.8. The quantitative estimate of drug-likeness (QED) is 0.181. The first-order chi connectivity index (χ1) is 20.1. The number of aliphatic carboxylic acids is 1. The molecular weight excluding hydrogens is 582 g/mol. The van der Waals surface area contributed by atoms with Crippen molar-refractivity contribution in [3.63, 3.8) is 0 Å². The molecule has 0 saturated carbocycles. The fourth-order valence-corrected chi connectivity index (χ4v) is 3.96. The van der Waals surface area contributed by atoms with Crippen molar-refractivity contribution in [1.29, 1.82) is 0 Å². The smallest absolute Gasteiger partial charge is 0.478 e. The SMILES string of the molecule is Cc1ccc(CN=C(Nc2ccc(C(=O)O)cc2)N2CCN(c3cccc(C(F)(F)F)c3)CC2)cc1.O=C(O)C(F)(F)F. The number of piperazine rings is 1. The molecule has 0 aliphatic carbocycles. The number of aromatic carboxylic acids is 1. The number of halogens is 6. The van der Waals surface area contributed by atoms with Crippen LogP contribution in [0.3, 0.4) is 0 Å². The van der Waals surface area contributed by atoms with Gasteiger partial charge in [0.1, 0.15) is 0 Å². The lowest BCUT2D eigenvalue weighted by Gasteiger charge is -2.38. The van der Waals surface area contributed by atoms with E-state index >= 15 is 0 Å². The van der Waals surface area contributed by atoms with E-state index in [-0.39, 0.29) is 5.56 Å². The number of carboxylic acids is 2. The average molecular weight is 611 g/mol. The zero-order valence-electron chi connectivity index (χ0n) is 22.8. The summed E-state index contributed by atoms with van der Waals surface area (Å²) in [5.41, 5.74) is 2.97. The van der Waals surface area contributed by atoms with Crippen LogP contribution in [0.5, 0.6) is 0 Å². The standard InChI is InChI=1S/C27H27F3N4O2.C2HF3O2/c1-19-5-7-20(8-6-19)18-31-26(32-23-11-9-21(10-12-23)25(35)36)34-15-13-33(14-16-34)24-4-2-3-22(17-24)27(28,29)30;3-2(4,5)1(6)7/h2-12,17H,13-16,18H2,1H3,(H,31,32)(H,35,36);(H,6,7). The highest BCUT2D eigenvalue weighted by atomic mass is 19.4. The van der Waals surface area contributed by atoms with Gasteiger partial charge < -0.3 is 25.3 Å². The van der Waals surface area contributed by atoms with Gasteiger partial charge in [-0.15, -0.1) is 0 Å². The van der Waals surface area contributed by atoms with E-state index in [0.29, 0.717) is 50.1 Å². The van der Waals surface area contributed by atoms with Crippen molar-refractivity contribution in [3.05, 3.63) is 95.1 Å². The van der Waals surface area contributed by atoms with Crippen LogP contribution in [0.4, 0.5) is 37.7 Å². The predicted molar refractivity (Wildman–Crippen MR) is 148 cm³/mol. The zero-order valence-corrected chi connectivity index (χ0v) is 22.8. The topological polar surface area (TPSA) is 105 Å². The van der Waals surface area contributed by atoms with Crippen LogP contribution in [0, 0.1) is 6.92 Å². The molecule has 3 aromatic rings. The molecule has 0 aromatic heterocycles. The Labute approximate surface area is 242 Å². The number of hydrogen-bond acceptors (Lipinski definition) is 4. The van der Waals surface area contributed by atoms with E-state index < -0.39 is 29.9 Å². The number of nitrogens with one attached hydrogen (secondary N) is 1. The molecule has 1 aliphatic rings. The first-order valence-corrected chi connectivity index (χ1v) is 12.8. The van der Waals surface area contributed by atoms with Crippen molar-refractivity contribution in [3.8, 4) is 0 Å². The maximum absolute atomic E-state index is 13.1. The molecule has 43 heavy (non-hydrogen) atoms. The molecule has 0 spiro atoms. The molecule has 1 heterocycles. The third-order valence-corrected chi connectivity index (χ3v) is 6.28. The Bertz CT molecular complexity index is 1420. The molecule has 0 amide bonds. The van der Waals surface area contributed by atoms with Crippen molar-refractivity contribution in [2.75, 3.05) is 36.4 Å². The molecule has 4 rings (SSSR count). The highest BCUT2D eigenvalue weighted by Crippen LogP contribution is 2.32. The van der Waals surface area contributed by atoms with E-state index in [9.17, 15) is 31.1 Å². The second-order valence-corrected chi connectivity index (χ2v) is 9.46. The summed E-state index contributed by atoms with van der Waals surface area (Å²) in [4.78, 5) is 28.9. The van der Waals surface area contributed by atoms with Crippen molar-refractivity contribution in [2.45, 2.75) is 25.8 Å². The van der Waals surface area contributed by atoms with Crippen molar-refractivity contribution >= 4 is 29.3 Å². The van der Waals surface area contributed by atoms with Gasteiger partial charge in [-0.3, -0.25) is 0 Å². The second-order valence-electron chi connectivity index (χ2n) is 9.46. The molecule has 1 fully saturated rings. The van der Waals surface area contributed by atoms with Crippen LogP contribution in [0.2, 0.25) is 0 Å². The molecule has 3 N–H and O–H groups in total. The molecular formula is C29H28F6N4O4. The molecule has 3 aromatic carbocycles. The first kappa shape index (κ1) is 32.8. The molecule has 14 heteroatoms. The fourth-order valence-electron chi connectivity index (χ4n) is 3.96. The third kappa shape index (κ3) is 9.94. The highest BCUT2D eigenvalue weighted by molar-refractivity contribution is 5.95. The second kappa shape index (κ2) is 13.9. The van der Waals surface area contributed by atoms with Gasteiger partial charge in [-0.2, -0.15) is 26.3 Å². The number of guanidine groups is 1. The van der Waals surface area contributed by atoms with Gasteiger partial charge in [-0.25, -0.2) is 14.6 Å². The van der Waals surface area contributed by atoms with Crippen LogP contribution in [0.1, 0.15) is 27.0 Å². The summed E-state index contributed by atoms with van der Waals surface area (Å²) in [6.45, 7) is 4.65. The molecule has 0 radical (unpaired) electrons. The van der Waals surface area contributed by atoms with Crippen LogP contribution in [0.15, 0.2) is 77.8 Å². The number of aryl methyl sites for hydroxylation is 1. The number of nitrogens with zero attached hydrogens (tertiary/aromatic N) is 3. The molecule has 0 unspecified atom stereocenters. The molecule has 8 nitrogen and oxygen atoms in total. The number of anilines is 2. The van der Waals surface area contributed by atoms with E-state index in [1.807, 2.05) is 36.1 Å². The van der Waals surface area contributed by atoms with E-state index in [4.69, 9.17) is 20.0 Å². The number of alkyl halides is 6. The van der Waals surface area contributed by atoms with Crippen LogP contribution < -0.4 is 10.2 Å². The number of benzene rings is 3. The molecule has 1 saturated heterocycles. The van der Waals surface area contributed by atoms with Gasteiger partial charge in [0.15, 0.2) is 5.96 Å². The van der Waals surface area contributed by atoms with Gasteiger partial charge in [0.05, 0.1) is 17.7 Å². The lowest BCUT2D eigenvalue weighted by Crippen LogP contribution is -2.50. The Morgan fingerprint density at radius 2 is 1.44 bits per heavy atom. The maximum Gasteiger partial charge on any atom is 0.490 e. The summed E-state index contributed by atoms with van der Waals surface area (Å²) in [7, 11) is 0. The van der Waals surface area contributed by atoms with Gasteiger partial charge in [0.25, 0.3) is 0 Å². The number of carbonyl (C=O) groups is 2. The van der Waals surface area contributed by atoms with Gasteiger partial charge >= 0.3 is 24.3 Å². The lowest BCUT2D eigenvalue weighted by atomic mass is 10.1. The van der Waals surface area contributed by atoms with Gasteiger partial charge in [-0.1, -0.05) is 35.9 Å². The average Bonchev–Trinajstić information content (AvgIpc) is 2.96. The summed E-state index contributed by atoms with van der Waals surface area (Å²) in [5.74, 6) is -3.13.